The summed E-state index contributed by atoms with van der Waals surface area (Å²) in [6.45, 7) is 1.20. The molecule has 0 radical (unpaired) electrons. The third-order valence-electron chi connectivity index (χ3n) is 2.01. The van der Waals surface area contributed by atoms with Crippen LogP contribution in [0.3, 0.4) is 0 Å². The number of hydrogen-bond donors (Lipinski definition) is 1. The predicted molar refractivity (Wildman–Crippen MR) is 29.8 cm³/mol. The molecule has 0 spiro atoms. The third kappa shape index (κ3) is 0.764. The lowest BCUT2D eigenvalue weighted by molar-refractivity contribution is -0.0907. The quantitative estimate of drug-likeness (QED) is 0.491. The summed E-state index contributed by atoms with van der Waals surface area (Å²) in [7, 11) is 0. The van der Waals surface area contributed by atoms with Crippen LogP contribution in [0.1, 0.15) is 6.42 Å². The van der Waals surface area contributed by atoms with Gasteiger partial charge in [-0.1, -0.05) is 0 Å². The zero-order valence-corrected chi connectivity index (χ0v) is 5.12. The zero-order valence-electron chi connectivity index (χ0n) is 5.12. The van der Waals surface area contributed by atoms with Crippen LogP contribution in [0.25, 0.3) is 0 Å². The highest BCUT2D eigenvalue weighted by Crippen LogP contribution is 2.30. The Labute approximate surface area is 53.6 Å². The second-order valence-electron chi connectivity index (χ2n) is 2.59. The Hall–Kier alpha value is -0.120. The van der Waals surface area contributed by atoms with Gasteiger partial charge >= 0.3 is 0 Å². The summed E-state index contributed by atoms with van der Waals surface area (Å²) in [6.07, 6.45) is 0.573. The van der Waals surface area contributed by atoms with Crippen LogP contribution in [0.5, 0.6) is 0 Å². The van der Waals surface area contributed by atoms with E-state index in [4.69, 9.17) is 9.47 Å². The summed E-state index contributed by atoms with van der Waals surface area (Å²) in [6, 6.07) is 0. The zero-order chi connectivity index (χ0) is 6.27. The molecule has 2 fully saturated rings. The molecule has 9 heavy (non-hydrogen) atoms. The van der Waals surface area contributed by atoms with Crippen molar-refractivity contribution in [2.24, 2.45) is 5.92 Å². The van der Waals surface area contributed by atoms with E-state index in [0.29, 0.717) is 6.61 Å². The molecular formula is C6H10O3. The molecule has 0 aromatic carbocycles. The number of fused-ring (bicyclic) bond motifs is 1. The van der Waals surface area contributed by atoms with E-state index >= 15 is 0 Å². The normalized spacial score (nSPS) is 49.7. The van der Waals surface area contributed by atoms with Crippen molar-refractivity contribution in [1.82, 2.24) is 0 Å². The second kappa shape index (κ2) is 1.94. The van der Waals surface area contributed by atoms with Gasteiger partial charge in [0.1, 0.15) is 0 Å². The monoisotopic (exact) mass is 130 g/mol. The molecule has 0 amide bonds. The van der Waals surface area contributed by atoms with Crippen molar-refractivity contribution in [1.29, 1.82) is 0 Å². The fraction of sp³-hybridized carbons (Fsp3) is 1.00. The number of ether oxygens (including phenoxy) is 2. The van der Waals surface area contributed by atoms with E-state index in [0.717, 1.165) is 13.0 Å². The van der Waals surface area contributed by atoms with Crippen molar-refractivity contribution in [2.75, 3.05) is 13.2 Å². The van der Waals surface area contributed by atoms with Gasteiger partial charge in [0.25, 0.3) is 0 Å². The van der Waals surface area contributed by atoms with Gasteiger partial charge in [-0.15, -0.1) is 0 Å². The van der Waals surface area contributed by atoms with Gasteiger partial charge in [0, 0.05) is 5.92 Å². The van der Waals surface area contributed by atoms with E-state index in [-0.39, 0.29) is 18.3 Å². The number of aliphatic hydroxyl groups excluding tert-OH is 1. The molecule has 0 aromatic heterocycles. The topological polar surface area (TPSA) is 38.7 Å². The van der Waals surface area contributed by atoms with Gasteiger partial charge in [-0.05, 0) is 6.42 Å². The molecule has 3 atom stereocenters. The summed E-state index contributed by atoms with van der Waals surface area (Å²) in [5.74, 6) is 0.255. The van der Waals surface area contributed by atoms with Crippen LogP contribution in [-0.4, -0.2) is 30.7 Å². The van der Waals surface area contributed by atoms with Gasteiger partial charge in [-0.25, -0.2) is 0 Å². The minimum absolute atomic E-state index is 0.0972. The van der Waals surface area contributed by atoms with Gasteiger partial charge in [-0.2, -0.15) is 0 Å². The van der Waals surface area contributed by atoms with E-state index in [2.05, 4.69) is 0 Å². The highest BCUT2D eigenvalue weighted by molar-refractivity contribution is 4.81. The summed E-state index contributed by atoms with van der Waals surface area (Å²) >= 11 is 0. The van der Waals surface area contributed by atoms with Crippen LogP contribution in [0.15, 0.2) is 0 Å². The molecule has 2 saturated heterocycles. The molecule has 0 bridgehead atoms. The standard InChI is InChI=1S/C6H10O3/c7-5-3-9-6-4(5)1-2-8-6/h4-7H,1-3H2/t4-,5?,6-/m0/s1. The van der Waals surface area contributed by atoms with Gasteiger partial charge in [0.15, 0.2) is 6.29 Å². The fourth-order valence-corrected chi connectivity index (χ4v) is 1.44. The highest BCUT2D eigenvalue weighted by Gasteiger charge is 2.40. The van der Waals surface area contributed by atoms with Gasteiger partial charge in [0.2, 0.25) is 0 Å². The van der Waals surface area contributed by atoms with Crippen LogP contribution >= 0.6 is 0 Å². The number of hydrogen-bond acceptors (Lipinski definition) is 3. The van der Waals surface area contributed by atoms with Crippen LogP contribution < -0.4 is 0 Å². The molecule has 0 aromatic rings. The van der Waals surface area contributed by atoms with Crippen LogP contribution in [0.4, 0.5) is 0 Å². The van der Waals surface area contributed by atoms with E-state index in [1.54, 1.807) is 0 Å². The fourth-order valence-electron chi connectivity index (χ4n) is 1.44. The summed E-state index contributed by atoms with van der Waals surface area (Å²) in [4.78, 5) is 0. The first kappa shape index (κ1) is 5.65. The van der Waals surface area contributed by atoms with Crippen LogP contribution in [-0.2, 0) is 9.47 Å². The van der Waals surface area contributed by atoms with Crippen LogP contribution in [0, 0.1) is 5.92 Å². The Kier molecular flexibility index (Phi) is 1.22. The van der Waals surface area contributed by atoms with E-state index in [1.165, 1.54) is 0 Å². The van der Waals surface area contributed by atoms with Crippen molar-refractivity contribution < 1.29 is 14.6 Å². The maximum atomic E-state index is 9.19. The highest BCUT2D eigenvalue weighted by atomic mass is 16.7. The summed E-state index contributed by atoms with van der Waals surface area (Å²) in [5.41, 5.74) is 0. The molecule has 3 heteroatoms. The molecule has 52 valence electrons. The van der Waals surface area contributed by atoms with Gasteiger partial charge in [-0.3, -0.25) is 0 Å². The Balaban J connectivity index is 2.07. The Bertz CT molecular complexity index is 115. The molecule has 1 N–H and O–H groups in total. The van der Waals surface area contributed by atoms with E-state index in [1.807, 2.05) is 0 Å². The third-order valence-corrected chi connectivity index (χ3v) is 2.01. The lowest BCUT2D eigenvalue weighted by Gasteiger charge is -2.06. The van der Waals surface area contributed by atoms with Crippen molar-refractivity contribution in [3.8, 4) is 0 Å². The predicted octanol–water partition coefficient (Wildman–Crippen LogP) is -0.260. The number of rotatable bonds is 0. The molecule has 2 heterocycles. The van der Waals surface area contributed by atoms with Crippen molar-refractivity contribution >= 4 is 0 Å². The minimum atomic E-state index is -0.280. The molecule has 3 nitrogen and oxygen atoms in total. The molecule has 2 rings (SSSR count). The molecular weight excluding hydrogens is 120 g/mol. The van der Waals surface area contributed by atoms with E-state index in [9.17, 15) is 5.11 Å². The first-order valence-corrected chi connectivity index (χ1v) is 3.29. The average Bonchev–Trinajstić information content (AvgIpc) is 2.35. The summed E-state index contributed by atoms with van der Waals surface area (Å²) < 4.78 is 10.3. The van der Waals surface area contributed by atoms with E-state index < -0.39 is 0 Å². The largest absolute Gasteiger partial charge is 0.390 e. The molecule has 0 saturated carbocycles. The summed E-state index contributed by atoms with van der Waals surface area (Å²) in [5, 5.41) is 9.19. The Morgan fingerprint density at radius 1 is 1.33 bits per heavy atom. The molecule has 2 aliphatic rings. The second-order valence-corrected chi connectivity index (χ2v) is 2.59. The lowest BCUT2D eigenvalue weighted by atomic mass is 10.0. The van der Waals surface area contributed by atoms with Crippen molar-refractivity contribution in [3.05, 3.63) is 0 Å². The number of aliphatic hydroxyl groups is 1. The van der Waals surface area contributed by atoms with Crippen LogP contribution in [0.2, 0.25) is 0 Å². The van der Waals surface area contributed by atoms with Gasteiger partial charge < -0.3 is 14.6 Å². The molecule has 1 unspecified atom stereocenters. The smallest absolute Gasteiger partial charge is 0.163 e. The lowest BCUT2D eigenvalue weighted by Crippen LogP contribution is -2.18. The average molecular weight is 130 g/mol. The maximum Gasteiger partial charge on any atom is 0.163 e. The first-order chi connectivity index (χ1) is 4.38. The van der Waals surface area contributed by atoms with Gasteiger partial charge in [0.05, 0.1) is 19.3 Å². The SMILES string of the molecule is OC1CO[C@@H]2OCC[C@@H]12. The first-order valence-electron chi connectivity index (χ1n) is 3.29. The Morgan fingerprint density at radius 3 is 3.00 bits per heavy atom. The van der Waals surface area contributed by atoms with Crippen molar-refractivity contribution in [2.45, 2.75) is 18.8 Å². The molecule has 2 aliphatic heterocycles. The Morgan fingerprint density at radius 2 is 2.22 bits per heavy atom. The maximum absolute atomic E-state index is 9.19. The minimum Gasteiger partial charge on any atom is -0.390 e. The van der Waals surface area contributed by atoms with Crippen molar-refractivity contribution in [3.63, 3.8) is 0 Å². The molecule has 0 aliphatic carbocycles.